The van der Waals surface area contributed by atoms with Gasteiger partial charge in [-0.1, -0.05) is 83.6 Å². The molecule has 2 amide bonds. The number of imide groups is 1. The van der Waals surface area contributed by atoms with E-state index in [0.717, 1.165) is 36.6 Å². The van der Waals surface area contributed by atoms with Crippen molar-refractivity contribution < 1.29 is 28.4 Å². The standard InChI is InChI=1S/C31H53N2O5/c1-4-6-7-8-9-10-11-12-13-14-15-18-21-36-24-28-22-30(37-25-28)26-38-31(35)33(27(3)34)23-29-19-16-17-20-32(29)5-2/h16-17,19-20,28,30H,4-15,18,21-26H2,1-3H3/q+1/t28-,30-/m1/s1. The van der Waals surface area contributed by atoms with Crippen molar-refractivity contribution in [2.24, 2.45) is 5.92 Å². The van der Waals surface area contributed by atoms with E-state index < -0.39 is 6.09 Å². The molecule has 2 heterocycles. The number of nitrogens with zero attached hydrogens (tertiary/aromatic N) is 2. The predicted octanol–water partition coefficient (Wildman–Crippen LogP) is 6.60. The first-order valence-corrected chi connectivity index (χ1v) is 15.2. The Morgan fingerprint density at radius 1 is 0.947 bits per heavy atom. The number of amides is 2. The van der Waals surface area contributed by atoms with Crippen LogP contribution < -0.4 is 4.57 Å². The van der Waals surface area contributed by atoms with Gasteiger partial charge in [-0.15, -0.1) is 0 Å². The van der Waals surface area contributed by atoms with Gasteiger partial charge in [0.1, 0.15) is 19.7 Å². The van der Waals surface area contributed by atoms with E-state index in [1.54, 1.807) is 0 Å². The van der Waals surface area contributed by atoms with Crippen LogP contribution in [-0.4, -0.2) is 49.4 Å². The van der Waals surface area contributed by atoms with Crippen molar-refractivity contribution in [3.05, 3.63) is 30.1 Å². The van der Waals surface area contributed by atoms with Crippen LogP contribution in [0.5, 0.6) is 0 Å². The van der Waals surface area contributed by atoms with E-state index in [-0.39, 0.29) is 25.2 Å². The lowest BCUT2D eigenvalue weighted by Gasteiger charge is -2.19. The second-order valence-corrected chi connectivity index (χ2v) is 10.7. The zero-order chi connectivity index (χ0) is 27.4. The van der Waals surface area contributed by atoms with Crippen LogP contribution in [-0.2, 0) is 32.1 Å². The number of carbonyl (C=O) groups is 2. The first-order chi connectivity index (χ1) is 18.5. The Bertz CT molecular complexity index is 787. The van der Waals surface area contributed by atoms with Gasteiger partial charge in [-0.2, -0.15) is 0 Å². The number of aryl methyl sites for hydroxylation is 1. The van der Waals surface area contributed by atoms with E-state index in [9.17, 15) is 9.59 Å². The summed E-state index contributed by atoms with van der Waals surface area (Å²) in [6.45, 7) is 8.89. The van der Waals surface area contributed by atoms with Crippen LogP contribution in [0.2, 0.25) is 0 Å². The molecule has 1 aliphatic rings. The monoisotopic (exact) mass is 533 g/mol. The third-order valence-electron chi connectivity index (χ3n) is 7.35. The van der Waals surface area contributed by atoms with Crippen LogP contribution in [0.3, 0.4) is 0 Å². The molecule has 7 nitrogen and oxygen atoms in total. The number of aromatic nitrogens is 1. The van der Waals surface area contributed by atoms with Gasteiger partial charge in [-0.05, 0) is 19.8 Å². The molecule has 1 aromatic heterocycles. The molecule has 216 valence electrons. The maximum Gasteiger partial charge on any atom is 0.417 e. The average Bonchev–Trinajstić information content (AvgIpc) is 3.38. The Labute approximate surface area is 231 Å². The fourth-order valence-electron chi connectivity index (χ4n) is 4.98. The molecule has 2 rings (SSSR count). The summed E-state index contributed by atoms with van der Waals surface area (Å²) in [5.41, 5.74) is 0.879. The van der Waals surface area contributed by atoms with Crippen LogP contribution in [0.15, 0.2) is 24.4 Å². The molecule has 1 fully saturated rings. The molecule has 1 aliphatic heterocycles. The summed E-state index contributed by atoms with van der Waals surface area (Å²) in [6, 6.07) is 5.74. The summed E-state index contributed by atoms with van der Waals surface area (Å²) in [5, 5.41) is 0. The number of unbranched alkanes of at least 4 members (excludes halogenated alkanes) is 11. The summed E-state index contributed by atoms with van der Waals surface area (Å²) < 4.78 is 19.2. The van der Waals surface area contributed by atoms with Crippen molar-refractivity contribution in [2.75, 3.05) is 26.4 Å². The molecule has 7 heteroatoms. The maximum atomic E-state index is 12.6. The van der Waals surface area contributed by atoms with Crippen LogP contribution in [0.1, 0.15) is 110 Å². The fourth-order valence-corrected chi connectivity index (χ4v) is 4.98. The number of rotatable bonds is 20. The lowest BCUT2D eigenvalue weighted by Crippen LogP contribution is -2.43. The molecular weight excluding hydrogens is 480 g/mol. The highest BCUT2D eigenvalue weighted by Gasteiger charge is 2.29. The summed E-state index contributed by atoms with van der Waals surface area (Å²) >= 11 is 0. The summed E-state index contributed by atoms with van der Waals surface area (Å²) in [4.78, 5) is 25.9. The van der Waals surface area contributed by atoms with Crippen LogP contribution >= 0.6 is 0 Å². The smallest absolute Gasteiger partial charge is 0.417 e. The molecule has 0 radical (unpaired) electrons. The topological polar surface area (TPSA) is 69.0 Å². The first-order valence-electron chi connectivity index (χ1n) is 15.2. The van der Waals surface area contributed by atoms with Gasteiger partial charge >= 0.3 is 6.09 Å². The Morgan fingerprint density at radius 2 is 1.61 bits per heavy atom. The second-order valence-electron chi connectivity index (χ2n) is 10.7. The Kier molecular flexibility index (Phi) is 17.0. The third kappa shape index (κ3) is 13.2. The molecule has 0 unspecified atom stereocenters. The highest BCUT2D eigenvalue weighted by atomic mass is 16.6. The number of pyridine rings is 1. The lowest BCUT2D eigenvalue weighted by molar-refractivity contribution is -0.701. The summed E-state index contributed by atoms with van der Waals surface area (Å²) in [5.74, 6) is -0.00861. The highest BCUT2D eigenvalue weighted by molar-refractivity contribution is 5.90. The quantitative estimate of drug-likeness (QED) is 0.139. The molecule has 0 aromatic carbocycles. The number of hydrogen-bond acceptors (Lipinski definition) is 5. The molecule has 0 N–H and O–H groups in total. The van der Waals surface area contributed by atoms with Crippen molar-refractivity contribution in [3.8, 4) is 0 Å². The first kappa shape index (κ1) is 32.2. The summed E-state index contributed by atoms with van der Waals surface area (Å²) in [7, 11) is 0. The van der Waals surface area contributed by atoms with Crippen LogP contribution in [0.4, 0.5) is 4.79 Å². The van der Waals surface area contributed by atoms with Gasteiger partial charge in [0.15, 0.2) is 6.20 Å². The molecule has 0 aliphatic carbocycles. The van der Waals surface area contributed by atoms with Gasteiger partial charge < -0.3 is 14.2 Å². The minimum atomic E-state index is -0.626. The van der Waals surface area contributed by atoms with E-state index in [1.165, 1.54) is 77.6 Å². The molecule has 38 heavy (non-hydrogen) atoms. The van der Waals surface area contributed by atoms with Crippen LogP contribution in [0.25, 0.3) is 0 Å². The van der Waals surface area contributed by atoms with Gasteiger partial charge in [0.05, 0.1) is 19.3 Å². The number of ether oxygens (including phenoxy) is 3. The van der Waals surface area contributed by atoms with Crippen molar-refractivity contribution in [1.82, 2.24) is 4.90 Å². The van der Waals surface area contributed by atoms with Gasteiger partial charge in [0.25, 0.3) is 0 Å². The molecular formula is C31H53N2O5+. The predicted molar refractivity (Wildman–Crippen MR) is 150 cm³/mol. The molecule has 2 atom stereocenters. The van der Waals surface area contributed by atoms with Gasteiger partial charge in [0, 0.05) is 31.6 Å². The van der Waals surface area contributed by atoms with Gasteiger partial charge in [-0.25, -0.2) is 14.3 Å². The number of hydrogen-bond donors (Lipinski definition) is 0. The highest BCUT2D eigenvalue weighted by Crippen LogP contribution is 2.21. The van der Waals surface area contributed by atoms with E-state index in [4.69, 9.17) is 14.2 Å². The normalized spacial score (nSPS) is 17.0. The largest absolute Gasteiger partial charge is 0.446 e. The Balaban J connectivity index is 1.50. The minimum absolute atomic E-state index is 0.148. The maximum absolute atomic E-state index is 12.6. The van der Waals surface area contributed by atoms with Crippen molar-refractivity contribution in [1.29, 1.82) is 0 Å². The SMILES string of the molecule is CCCCCCCCCCCCCCOC[C@@H]1CO[C@@H](COC(=O)N(Cc2cccc[n+]2CC)C(C)=O)C1. The van der Waals surface area contributed by atoms with E-state index in [1.807, 2.05) is 35.9 Å². The molecule has 1 aromatic rings. The van der Waals surface area contributed by atoms with Crippen LogP contribution in [0, 0.1) is 5.92 Å². The molecule has 0 bridgehead atoms. The molecule has 0 spiro atoms. The molecule has 0 saturated carbocycles. The minimum Gasteiger partial charge on any atom is -0.446 e. The van der Waals surface area contributed by atoms with E-state index in [2.05, 4.69) is 6.92 Å². The van der Waals surface area contributed by atoms with Gasteiger partial charge in [-0.3, -0.25) is 4.79 Å². The molecule has 1 saturated heterocycles. The Morgan fingerprint density at radius 3 is 2.24 bits per heavy atom. The lowest BCUT2D eigenvalue weighted by atomic mass is 10.1. The summed E-state index contributed by atoms with van der Waals surface area (Å²) in [6.07, 6.45) is 18.1. The zero-order valence-corrected chi connectivity index (χ0v) is 24.3. The van der Waals surface area contributed by atoms with Gasteiger partial charge in [0.2, 0.25) is 11.6 Å². The van der Waals surface area contributed by atoms with Crippen molar-refractivity contribution in [3.63, 3.8) is 0 Å². The van der Waals surface area contributed by atoms with Crippen molar-refractivity contribution in [2.45, 2.75) is 123 Å². The fraction of sp³-hybridized carbons (Fsp3) is 0.774. The van der Waals surface area contributed by atoms with E-state index >= 15 is 0 Å². The number of carbonyl (C=O) groups excluding carboxylic acids is 2. The zero-order valence-electron chi connectivity index (χ0n) is 24.3. The third-order valence-corrected chi connectivity index (χ3v) is 7.35. The van der Waals surface area contributed by atoms with Crippen molar-refractivity contribution >= 4 is 12.0 Å². The van der Waals surface area contributed by atoms with E-state index in [0.29, 0.717) is 19.1 Å². The average molecular weight is 534 g/mol. The second kappa shape index (κ2) is 20.0. The Hall–Kier alpha value is -1.99.